The van der Waals surface area contributed by atoms with Crippen LogP contribution in [0.25, 0.3) is 0 Å². The molecule has 7 nitrogen and oxygen atoms in total. The molecule has 0 saturated carbocycles. The van der Waals surface area contributed by atoms with Crippen molar-refractivity contribution in [2.45, 2.75) is 11.4 Å². The van der Waals surface area contributed by atoms with Gasteiger partial charge in [-0.25, -0.2) is 17.9 Å². The van der Waals surface area contributed by atoms with Gasteiger partial charge in [-0.2, -0.15) is 0 Å². The molecule has 0 aliphatic carbocycles. The summed E-state index contributed by atoms with van der Waals surface area (Å²) in [6.07, 6.45) is 3.30. The molecule has 0 bridgehead atoms. The quantitative estimate of drug-likeness (QED) is 0.773. The van der Waals surface area contributed by atoms with E-state index in [2.05, 4.69) is 20.3 Å². The Kier molecular flexibility index (Phi) is 5.08. The molecule has 22 heavy (non-hydrogen) atoms. The number of nitrogens with zero attached hydrogens (tertiary/aromatic N) is 1. The number of aromatic nitrogens is 1. The fourth-order valence-corrected chi connectivity index (χ4v) is 2.42. The maximum Gasteiger partial charge on any atom is 0.319 e. The molecule has 0 atom stereocenters. The molecular formula is C14H16N4O3S. The predicted octanol–water partition coefficient (Wildman–Crippen LogP) is 1.31. The zero-order valence-electron chi connectivity index (χ0n) is 11.9. The summed E-state index contributed by atoms with van der Waals surface area (Å²) in [5, 5.41) is 5.32. The van der Waals surface area contributed by atoms with Crippen molar-refractivity contribution in [1.29, 1.82) is 0 Å². The van der Waals surface area contributed by atoms with Gasteiger partial charge in [0.25, 0.3) is 0 Å². The highest BCUT2D eigenvalue weighted by atomic mass is 32.2. The zero-order valence-corrected chi connectivity index (χ0v) is 12.7. The van der Waals surface area contributed by atoms with Crippen LogP contribution in [0.1, 0.15) is 5.56 Å². The molecule has 0 radical (unpaired) electrons. The van der Waals surface area contributed by atoms with Crippen LogP contribution in [0, 0.1) is 0 Å². The Balaban J connectivity index is 1.92. The van der Waals surface area contributed by atoms with Crippen LogP contribution in [-0.2, 0) is 16.6 Å². The van der Waals surface area contributed by atoms with Crippen LogP contribution in [0.3, 0.4) is 0 Å². The molecule has 0 saturated heterocycles. The molecule has 2 rings (SSSR count). The fourth-order valence-electron chi connectivity index (χ4n) is 1.69. The van der Waals surface area contributed by atoms with Crippen molar-refractivity contribution in [3.8, 4) is 0 Å². The average Bonchev–Trinajstić information content (AvgIpc) is 2.54. The maximum atomic E-state index is 11.8. The van der Waals surface area contributed by atoms with Crippen LogP contribution in [0.5, 0.6) is 0 Å². The fraction of sp³-hybridized carbons (Fsp3) is 0.143. The molecule has 8 heteroatoms. The van der Waals surface area contributed by atoms with E-state index in [0.717, 1.165) is 5.56 Å². The van der Waals surface area contributed by atoms with Crippen LogP contribution >= 0.6 is 0 Å². The first-order chi connectivity index (χ1) is 10.5. The van der Waals surface area contributed by atoms with E-state index in [-0.39, 0.29) is 10.9 Å². The Morgan fingerprint density at radius 2 is 1.73 bits per heavy atom. The number of sulfonamides is 1. The summed E-state index contributed by atoms with van der Waals surface area (Å²) in [6, 6.07) is 9.12. The van der Waals surface area contributed by atoms with Gasteiger partial charge in [0, 0.05) is 24.6 Å². The predicted molar refractivity (Wildman–Crippen MR) is 82.8 cm³/mol. The van der Waals surface area contributed by atoms with Gasteiger partial charge >= 0.3 is 6.03 Å². The lowest BCUT2D eigenvalue weighted by molar-refractivity contribution is 0.251. The van der Waals surface area contributed by atoms with Gasteiger partial charge in [0.15, 0.2) is 0 Å². The molecule has 3 N–H and O–H groups in total. The monoisotopic (exact) mass is 320 g/mol. The third kappa shape index (κ3) is 4.27. The second-order valence-electron chi connectivity index (χ2n) is 4.40. The Hall–Kier alpha value is -2.45. The van der Waals surface area contributed by atoms with Crippen LogP contribution in [0.4, 0.5) is 10.5 Å². The first-order valence-corrected chi connectivity index (χ1v) is 7.97. The Labute approximate surface area is 128 Å². The molecule has 0 aliphatic rings. The highest BCUT2D eigenvalue weighted by molar-refractivity contribution is 7.89. The van der Waals surface area contributed by atoms with Crippen molar-refractivity contribution in [2.24, 2.45) is 0 Å². The molecule has 2 amide bonds. The summed E-state index contributed by atoms with van der Waals surface area (Å²) in [7, 11) is -2.13. The van der Waals surface area contributed by atoms with Crippen molar-refractivity contribution in [3.63, 3.8) is 0 Å². The van der Waals surface area contributed by atoms with E-state index >= 15 is 0 Å². The second kappa shape index (κ2) is 7.01. The zero-order chi connectivity index (χ0) is 16.0. The number of carbonyl (C=O) groups is 1. The van der Waals surface area contributed by atoms with E-state index in [4.69, 9.17) is 0 Å². The molecule has 1 heterocycles. The van der Waals surface area contributed by atoms with Gasteiger partial charge in [0.05, 0.1) is 4.90 Å². The molecule has 2 aromatic rings. The molecule has 0 fully saturated rings. The minimum atomic E-state index is -3.47. The molecule has 1 aromatic heterocycles. The number of rotatable bonds is 5. The van der Waals surface area contributed by atoms with E-state index in [9.17, 15) is 13.2 Å². The molecule has 0 unspecified atom stereocenters. The van der Waals surface area contributed by atoms with Gasteiger partial charge in [-0.3, -0.25) is 4.98 Å². The number of urea groups is 1. The number of anilines is 1. The van der Waals surface area contributed by atoms with E-state index in [1.54, 1.807) is 24.5 Å². The lowest BCUT2D eigenvalue weighted by atomic mass is 10.3. The number of hydrogen-bond donors (Lipinski definition) is 3. The minimum Gasteiger partial charge on any atom is -0.334 e. The molecular weight excluding hydrogens is 304 g/mol. The summed E-state index contributed by atoms with van der Waals surface area (Å²) in [5.41, 5.74) is 1.43. The topological polar surface area (TPSA) is 100 Å². The molecule has 1 aromatic carbocycles. The van der Waals surface area contributed by atoms with Gasteiger partial charge in [-0.05, 0) is 49.0 Å². The van der Waals surface area contributed by atoms with Crippen LogP contribution in [0.2, 0.25) is 0 Å². The van der Waals surface area contributed by atoms with E-state index in [0.29, 0.717) is 12.2 Å². The Morgan fingerprint density at radius 3 is 2.32 bits per heavy atom. The number of carbonyl (C=O) groups excluding carboxylic acids is 1. The number of amides is 2. The molecule has 0 spiro atoms. The van der Waals surface area contributed by atoms with Crippen molar-refractivity contribution in [2.75, 3.05) is 12.4 Å². The van der Waals surface area contributed by atoms with Gasteiger partial charge in [0.1, 0.15) is 0 Å². The Morgan fingerprint density at radius 1 is 1.09 bits per heavy atom. The van der Waals surface area contributed by atoms with Crippen molar-refractivity contribution >= 4 is 21.7 Å². The van der Waals surface area contributed by atoms with Crippen molar-refractivity contribution in [3.05, 3.63) is 54.4 Å². The minimum absolute atomic E-state index is 0.137. The number of nitrogens with one attached hydrogen (secondary N) is 3. The van der Waals surface area contributed by atoms with Crippen LogP contribution in [-0.4, -0.2) is 26.5 Å². The Bertz CT molecular complexity index is 730. The summed E-state index contributed by atoms with van der Waals surface area (Å²) >= 11 is 0. The van der Waals surface area contributed by atoms with Gasteiger partial charge < -0.3 is 10.6 Å². The smallest absolute Gasteiger partial charge is 0.319 e. The lowest BCUT2D eigenvalue weighted by Crippen LogP contribution is -2.28. The van der Waals surface area contributed by atoms with Crippen LogP contribution < -0.4 is 15.4 Å². The summed E-state index contributed by atoms with van der Waals surface area (Å²) in [4.78, 5) is 15.8. The summed E-state index contributed by atoms with van der Waals surface area (Å²) < 4.78 is 25.4. The number of pyridine rings is 1. The maximum absolute atomic E-state index is 11.8. The molecule has 116 valence electrons. The average molecular weight is 320 g/mol. The van der Waals surface area contributed by atoms with E-state index in [1.807, 2.05) is 0 Å². The van der Waals surface area contributed by atoms with E-state index in [1.165, 1.54) is 31.3 Å². The standard InChI is InChI=1S/C14H16N4O3S/c1-15-22(20,21)13-4-2-12(3-5-13)18-14(19)17-10-11-6-8-16-9-7-11/h2-9,15H,10H2,1H3,(H2,17,18,19). The van der Waals surface area contributed by atoms with Gasteiger partial charge in [-0.15, -0.1) is 0 Å². The molecule has 0 aliphatic heterocycles. The second-order valence-corrected chi connectivity index (χ2v) is 6.28. The van der Waals surface area contributed by atoms with Crippen LogP contribution in [0.15, 0.2) is 53.7 Å². The number of hydrogen-bond acceptors (Lipinski definition) is 4. The SMILES string of the molecule is CNS(=O)(=O)c1ccc(NC(=O)NCc2ccncc2)cc1. The highest BCUT2D eigenvalue weighted by Crippen LogP contribution is 2.13. The van der Waals surface area contributed by atoms with Gasteiger partial charge in [-0.1, -0.05) is 0 Å². The van der Waals surface area contributed by atoms with E-state index < -0.39 is 10.0 Å². The summed E-state index contributed by atoms with van der Waals surface area (Å²) in [6.45, 7) is 0.376. The largest absolute Gasteiger partial charge is 0.334 e. The summed E-state index contributed by atoms with van der Waals surface area (Å²) in [5.74, 6) is 0. The third-order valence-corrected chi connectivity index (χ3v) is 4.32. The number of benzene rings is 1. The normalized spacial score (nSPS) is 11.0. The van der Waals surface area contributed by atoms with Gasteiger partial charge in [0.2, 0.25) is 10.0 Å². The highest BCUT2D eigenvalue weighted by Gasteiger charge is 2.10. The van der Waals surface area contributed by atoms with Crippen molar-refractivity contribution < 1.29 is 13.2 Å². The first kappa shape index (κ1) is 15.9. The third-order valence-electron chi connectivity index (χ3n) is 2.89. The lowest BCUT2D eigenvalue weighted by Gasteiger charge is -2.08. The van der Waals surface area contributed by atoms with Crippen molar-refractivity contribution in [1.82, 2.24) is 15.0 Å². The first-order valence-electron chi connectivity index (χ1n) is 6.48.